The van der Waals surface area contributed by atoms with Gasteiger partial charge in [0.15, 0.2) is 0 Å². The Morgan fingerprint density at radius 2 is 1.56 bits per heavy atom. The number of hydrogen-bond acceptors (Lipinski definition) is 1. The maximum atomic E-state index is 3.70. The standard InChI is InChI=1S/C15H23Br2N/c1-4-7-18-15(11(5-2)6-3)12-8-13(16)10-14(17)9-12/h8-11,15,18H,4-7H2,1-3H3. The van der Waals surface area contributed by atoms with Gasteiger partial charge in [0.2, 0.25) is 0 Å². The van der Waals surface area contributed by atoms with Gasteiger partial charge in [-0.2, -0.15) is 0 Å². The minimum Gasteiger partial charge on any atom is -0.310 e. The van der Waals surface area contributed by atoms with Gasteiger partial charge in [-0.25, -0.2) is 0 Å². The summed E-state index contributed by atoms with van der Waals surface area (Å²) in [6, 6.07) is 7.01. The number of halogens is 2. The fourth-order valence-corrected chi connectivity index (χ4v) is 3.70. The summed E-state index contributed by atoms with van der Waals surface area (Å²) < 4.78 is 2.28. The predicted octanol–water partition coefficient (Wildman–Crippen LogP) is 5.69. The highest BCUT2D eigenvalue weighted by Crippen LogP contribution is 2.31. The zero-order chi connectivity index (χ0) is 13.5. The molecule has 0 heterocycles. The van der Waals surface area contributed by atoms with Gasteiger partial charge in [-0.05, 0) is 42.6 Å². The molecule has 1 nitrogen and oxygen atoms in total. The first-order chi connectivity index (χ1) is 8.62. The van der Waals surface area contributed by atoms with Crippen molar-refractivity contribution in [2.24, 2.45) is 5.92 Å². The molecule has 1 N–H and O–H groups in total. The van der Waals surface area contributed by atoms with Crippen LogP contribution in [0.25, 0.3) is 0 Å². The third-order valence-corrected chi connectivity index (χ3v) is 4.29. The molecule has 0 aromatic heterocycles. The zero-order valence-electron chi connectivity index (χ0n) is 11.5. The van der Waals surface area contributed by atoms with Gasteiger partial charge in [-0.3, -0.25) is 0 Å². The van der Waals surface area contributed by atoms with Crippen LogP contribution in [0.1, 0.15) is 51.6 Å². The predicted molar refractivity (Wildman–Crippen MR) is 86.9 cm³/mol. The molecule has 0 bridgehead atoms. The van der Waals surface area contributed by atoms with Crippen LogP contribution in [0.5, 0.6) is 0 Å². The highest BCUT2D eigenvalue weighted by atomic mass is 79.9. The highest BCUT2D eigenvalue weighted by molar-refractivity contribution is 9.11. The lowest BCUT2D eigenvalue weighted by Gasteiger charge is -2.27. The number of rotatable bonds is 7. The summed E-state index contributed by atoms with van der Waals surface area (Å²) in [5.41, 5.74) is 1.37. The summed E-state index contributed by atoms with van der Waals surface area (Å²) in [5, 5.41) is 3.70. The molecule has 3 heteroatoms. The molecule has 102 valence electrons. The van der Waals surface area contributed by atoms with Gasteiger partial charge in [0.1, 0.15) is 0 Å². The second kappa shape index (κ2) is 8.34. The monoisotopic (exact) mass is 375 g/mol. The first-order valence-electron chi connectivity index (χ1n) is 6.81. The molecular weight excluding hydrogens is 354 g/mol. The van der Waals surface area contributed by atoms with Gasteiger partial charge in [-0.15, -0.1) is 0 Å². The average molecular weight is 377 g/mol. The van der Waals surface area contributed by atoms with Crippen molar-refractivity contribution in [1.29, 1.82) is 0 Å². The van der Waals surface area contributed by atoms with Crippen LogP contribution in [0.3, 0.4) is 0 Å². The Bertz CT molecular complexity index is 341. The normalized spacial score (nSPS) is 13.0. The second-order valence-corrected chi connectivity index (χ2v) is 6.54. The third-order valence-electron chi connectivity index (χ3n) is 3.38. The summed E-state index contributed by atoms with van der Waals surface area (Å²) in [4.78, 5) is 0. The SMILES string of the molecule is CCCNC(c1cc(Br)cc(Br)c1)C(CC)CC. The molecule has 0 fully saturated rings. The molecule has 0 aliphatic rings. The van der Waals surface area contributed by atoms with Gasteiger partial charge in [0.25, 0.3) is 0 Å². The zero-order valence-corrected chi connectivity index (χ0v) is 14.6. The summed E-state index contributed by atoms with van der Waals surface area (Å²) in [6.45, 7) is 7.85. The molecule has 1 unspecified atom stereocenters. The van der Waals surface area contributed by atoms with Crippen LogP contribution in [0, 0.1) is 5.92 Å². The molecule has 18 heavy (non-hydrogen) atoms. The molecule has 0 saturated heterocycles. The minimum absolute atomic E-state index is 0.453. The van der Waals surface area contributed by atoms with Crippen LogP contribution in [-0.2, 0) is 0 Å². The number of benzene rings is 1. The Hall–Kier alpha value is 0.140. The van der Waals surface area contributed by atoms with E-state index in [1.165, 1.54) is 24.8 Å². The lowest BCUT2D eigenvalue weighted by Crippen LogP contribution is -2.28. The van der Waals surface area contributed by atoms with Crippen molar-refractivity contribution in [3.63, 3.8) is 0 Å². The number of nitrogens with one attached hydrogen (secondary N) is 1. The van der Waals surface area contributed by atoms with E-state index >= 15 is 0 Å². The van der Waals surface area contributed by atoms with E-state index in [-0.39, 0.29) is 0 Å². The summed E-state index contributed by atoms with van der Waals surface area (Å²) in [7, 11) is 0. The van der Waals surface area contributed by atoms with E-state index < -0.39 is 0 Å². The van der Waals surface area contributed by atoms with E-state index in [2.05, 4.69) is 76.1 Å². The van der Waals surface area contributed by atoms with Crippen molar-refractivity contribution in [3.05, 3.63) is 32.7 Å². The van der Waals surface area contributed by atoms with E-state index in [9.17, 15) is 0 Å². The van der Waals surface area contributed by atoms with Crippen LogP contribution in [0.2, 0.25) is 0 Å². The molecule has 0 saturated carbocycles. The van der Waals surface area contributed by atoms with E-state index in [0.717, 1.165) is 15.5 Å². The first kappa shape index (κ1) is 16.2. The fourth-order valence-electron chi connectivity index (χ4n) is 2.37. The third kappa shape index (κ3) is 4.67. The van der Waals surface area contributed by atoms with Gasteiger partial charge < -0.3 is 5.32 Å². The van der Waals surface area contributed by atoms with Crippen molar-refractivity contribution in [2.75, 3.05) is 6.54 Å². The van der Waals surface area contributed by atoms with E-state index in [1.807, 2.05) is 0 Å². The molecule has 1 aromatic carbocycles. The van der Waals surface area contributed by atoms with Crippen LogP contribution < -0.4 is 5.32 Å². The fraction of sp³-hybridized carbons (Fsp3) is 0.600. The molecule has 0 radical (unpaired) electrons. The Morgan fingerprint density at radius 1 is 1.00 bits per heavy atom. The van der Waals surface area contributed by atoms with E-state index in [0.29, 0.717) is 12.0 Å². The summed E-state index contributed by atoms with van der Waals surface area (Å²) in [6.07, 6.45) is 3.59. The Kier molecular flexibility index (Phi) is 7.50. The Labute approximate surface area is 128 Å². The van der Waals surface area contributed by atoms with E-state index in [1.54, 1.807) is 0 Å². The Balaban J connectivity index is 2.99. The minimum atomic E-state index is 0.453. The summed E-state index contributed by atoms with van der Waals surface area (Å²) >= 11 is 7.17. The molecule has 0 amide bonds. The lowest BCUT2D eigenvalue weighted by molar-refractivity contribution is 0.341. The van der Waals surface area contributed by atoms with E-state index in [4.69, 9.17) is 0 Å². The van der Waals surface area contributed by atoms with Gasteiger partial charge >= 0.3 is 0 Å². The molecular formula is C15H23Br2N. The van der Waals surface area contributed by atoms with Crippen molar-refractivity contribution in [1.82, 2.24) is 5.32 Å². The molecule has 1 rings (SSSR count). The molecule has 1 aromatic rings. The van der Waals surface area contributed by atoms with Crippen molar-refractivity contribution in [3.8, 4) is 0 Å². The van der Waals surface area contributed by atoms with Crippen molar-refractivity contribution in [2.45, 2.75) is 46.1 Å². The van der Waals surface area contributed by atoms with Crippen molar-refractivity contribution < 1.29 is 0 Å². The molecule has 0 spiro atoms. The van der Waals surface area contributed by atoms with Gasteiger partial charge in [0.05, 0.1) is 0 Å². The number of hydrogen-bond donors (Lipinski definition) is 1. The Morgan fingerprint density at radius 3 is 2.00 bits per heavy atom. The van der Waals surface area contributed by atoms with Crippen LogP contribution in [0.15, 0.2) is 27.1 Å². The smallest absolute Gasteiger partial charge is 0.0349 e. The van der Waals surface area contributed by atoms with Gasteiger partial charge in [-0.1, -0.05) is 65.5 Å². The molecule has 0 aliphatic heterocycles. The van der Waals surface area contributed by atoms with Crippen LogP contribution in [-0.4, -0.2) is 6.54 Å². The summed E-state index contributed by atoms with van der Waals surface area (Å²) in [5.74, 6) is 0.692. The molecule has 1 atom stereocenters. The highest BCUT2D eigenvalue weighted by Gasteiger charge is 2.20. The topological polar surface area (TPSA) is 12.0 Å². The van der Waals surface area contributed by atoms with Crippen LogP contribution >= 0.6 is 31.9 Å². The van der Waals surface area contributed by atoms with Gasteiger partial charge in [0, 0.05) is 15.0 Å². The average Bonchev–Trinajstić information content (AvgIpc) is 2.33. The maximum Gasteiger partial charge on any atom is 0.0349 e. The first-order valence-corrected chi connectivity index (χ1v) is 8.40. The molecule has 0 aliphatic carbocycles. The largest absolute Gasteiger partial charge is 0.310 e. The quantitative estimate of drug-likeness (QED) is 0.644. The lowest BCUT2D eigenvalue weighted by atomic mass is 9.89. The maximum absolute atomic E-state index is 3.70. The van der Waals surface area contributed by atoms with Crippen molar-refractivity contribution >= 4 is 31.9 Å². The second-order valence-electron chi connectivity index (χ2n) is 4.71. The van der Waals surface area contributed by atoms with Crippen LogP contribution in [0.4, 0.5) is 0 Å².